The molecule has 27 heteroatoms. The average molecular weight is 1450 g/mol. The number of rotatable bonds is 17. The minimum absolute atomic E-state index is 0.0515. The van der Waals surface area contributed by atoms with Gasteiger partial charge in [0.25, 0.3) is 22.9 Å². The van der Waals surface area contributed by atoms with Crippen LogP contribution in [0, 0.1) is 5.92 Å². The number of para-hydroxylation sites is 2. The Labute approximate surface area is 620 Å². The van der Waals surface area contributed by atoms with Crippen LogP contribution < -0.4 is 27.5 Å². The van der Waals surface area contributed by atoms with E-state index in [1.165, 1.54) is 22.7 Å². The highest BCUT2D eigenvalue weighted by Crippen LogP contribution is 2.40. The highest BCUT2D eigenvalue weighted by molar-refractivity contribution is 5.98. The minimum atomic E-state index is -0.634. The molecule has 3 aliphatic heterocycles. The number of aryl methyl sites for hydroxylation is 1. The van der Waals surface area contributed by atoms with Gasteiger partial charge in [-0.05, 0) is 167 Å². The smallest absolute Gasteiger partial charge is 0.269 e. The van der Waals surface area contributed by atoms with Gasteiger partial charge in [-0.3, -0.25) is 43.6 Å². The average Bonchev–Trinajstić information content (AvgIpc) is 1.47. The van der Waals surface area contributed by atoms with E-state index in [1.807, 2.05) is 101 Å². The largest absolute Gasteiger partial charge is 0.507 e. The Bertz CT molecular complexity index is 5390. The molecule has 6 aromatic carbocycles. The van der Waals surface area contributed by atoms with Gasteiger partial charge in [0.05, 0.1) is 64.8 Å². The molecular weight excluding hydrogens is 1370 g/mol. The second-order valence-electron chi connectivity index (χ2n) is 27.6. The highest BCUT2D eigenvalue weighted by Gasteiger charge is 2.32. The Morgan fingerprint density at radius 2 is 1.19 bits per heavy atom. The molecule has 27 nitrogen and oxygen atoms in total. The van der Waals surface area contributed by atoms with Crippen LogP contribution in [0.3, 0.4) is 0 Å². The molecule has 3 aliphatic carbocycles. The van der Waals surface area contributed by atoms with E-state index in [4.69, 9.17) is 20.9 Å². The monoisotopic (exact) mass is 1450 g/mol. The van der Waals surface area contributed by atoms with E-state index in [0.717, 1.165) is 161 Å². The summed E-state index contributed by atoms with van der Waals surface area (Å²) in [6.07, 6.45) is 22.1. The van der Waals surface area contributed by atoms with Crippen LogP contribution in [-0.2, 0) is 31.6 Å². The summed E-state index contributed by atoms with van der Waals surface area (Å²) < 4.78 is 1.33. The lowest BCUT2D eigenvalue weighted by molar-refractivity contribution is -0.135. The molecule has 3 amide bonds. The molecule has 11 aromatic rings. The number of carbonyl (C=O) groups is 3. The maximum atomic E-state index is 12.7. The SMILES string of the molecule is Cn1ncc(N=Cc2cccc(CO)c2O)c1C(N)=O.O=C(C1CCC(Nc2nccc(-c3ccc4nc(C5CC5)[nH]c(=O)c4c3)n2)CC1)N1CCCC1.O=C(c1cccc(Nc2nccc(-c3ccc4nc(C5CC5)[nH]c(=O)c4c3)n2)c1)N1CCCC1.OCc1cccc(C=Nc2ccc3c(c2)C=NC3)c1O. The van der Waals surface area contributed by atoms with E-state index < -0.39 is 5.91 Å². The van der Waals surface area contributed by atoms with Crippen LogP contribution in [0.15, 0.2) is 171 Å². The number of nitrogens with two attached hydrogens (primary N) is 1. The van der Waals surface area contributed by atoms with Gasteiger partial charge in [0.2, 0.25) is 17.8 Å². The van der Waals surface area contributed by atoms with Crippen molar-refractivity contribution in [2.24, 2.45) is 33.7 Å². The van der Waals surface area contributed by atoms with Gasteiger partial charge in [0, 0.05) is 133 Å². The number of amides is 3. The molecule has 6 aliphatic rings. The van der Waals surface area contributed by atoms with Crippen molar-refractivity contribution in [1.82, 2.24) is 59.5 Å². The molecule has 8 heterocycles. The Kier molecular flexibility index (Phi) is 22.1. The molecule has 0 spiro atoms. The first-order chi connectivity index (χ1) is 52.6. The van der Waals surface area contributed by atoms with Crippen LogP contribution in [0.4, 0.5) is 29.0 Å². The number of hydrogen-bond acceptors (Lipinski definition) is 21. The van der Waals surface area contributed by atoms with Gasteiger partial charge >= 0.3 is 0 Å². The number of aliphatic imine (C=N–C) groups is 3. The molecule has 550 valence electrons. The first kappa shape index (κ1) is 72.5. The van der Waals surface area contributed by atoms with Crippen LogP contribution >= 0.6 is 0 Å². The first-order valence-electron chi connectivity index (χ1n) is 36.4. The fourth-order valence-electron chi connectivity index (χ4n) is 13.7. The second-order valence-corrected chi connectivity index (χ2v) is 27.6. The van der Waals surface area contributed by atoms with Gasteiger partial charge in [0.15, 0.2) is 5.69 Å². The standard InChI is InChI=1S/C26H30N6O2.C26H24N6O2.C16H14N2O2.C13H14N4O3/c33-24-20-15-18(7-10-22(20)29-23(31-24)16-3-4-16)21-11-12-27-26(30-21)28-19-8-5-17(6-9-19)25(34)32-13-1-2-14-32;33-24-20-15-17(8-9-22(20)29-23(31-24)16-6-7-16)21-10-11-27-26(30-21)28-19-5-3-4-18(14-19)25(34)32-12-1-2-13-32;19-10-13-3-1-2-12(16(13)20)9-18-15-5-4-11-7-17-8-14(11)6-15;1-17-11(13(14)20)10(6-16-17)15-5-8-3-2-4-9(7-18)12(8)19/h7,10-12,15-17,19H,1-6,8-9,13-14H2,(H,27,28,30)(H,29,31,33);3-5,8-11,14-16H,1-2,6-7,12-13H2,(H,27,28,30)(H,29,31,33);1-6,8-9,19-20H,7,10H2;2-6,18-19H,7H2,1H3,(H2,14,20). The number of aromatic hydroxyl groups is 2. The van der Waals surface area contributed by atoms with Gasteiger partial charge in [0.1, 0.15) is 28.8 Å². The zero-order valence-electron chi connectivity index (χ0n) is 59.6. The van der Waals surface area contributed by atoms with Crippen molar-refractivity contribution in [3.63, 3.8) is 0 Å². The van der Waals surface area contributed by atoms with Crippen molar-refractivity contribution in [3.8, 4) is 34.0 Å². The molecule has 10 N–H and O–H groups in total. The van der Waals surface area contributed by atoms with E-state index in [1.54, 1.807) is 68.1 Å². The van der Waals surface area contributed by atoms with Crippen molar-refractivity contribution in [1.29, 1.82) is 0 Å². The normalized spacial score (nSPS) is 16.5. The molecule has 5 aromatic heterocycles. The van der Waals surface area contributed by atoms with E-state index >= 15 is 0 Å². The highest BCUT2D eigenvalue weighted by atomic mass is 16.3. The number of anilines is 3. The zero-order valence-corrected chi connectivity index (χ0v) is 59.6. The molecule has 3 saturated carbocycles. The number of nitrogens with one attached hydrogen (secondary N) is 4. The lowest BCUT2D eigenvalue weighted by atomic mass is 9.85. The lowest BCUT2D eigenvalue weighted by Crippen LogP contribution is -2.37. The van der Waals surface area contributed by atoms with Gasteiger partial charge in [-0.2, -0.15) is 5.10 Å². The van der Waals surface area contributed by atoms with Crippen molar-refractivity contribution in [3.05, 3.63) is 223 Å². The third-order valence-corrected chi connectivity index (χ3v) is 20.0. The van der Waals surface area contributed by atoms with Crippen molar-refractivity contribution >= 4 is 87.1 Å². The third kappa shape index (κ3) is 17.2. The summed E-state index contributed by atoms with van der Waals surface area (Å²) >= 11 is 0. The maximum absolute atomic E-state index is 12.7. The Morgan fingerprint density at radius 1 is 0.620 bits per heavy atom. The van der Waals surface area contributed by atoms with E-state index in [2.05, 4.69) is 65.6 Å². The van der Waals surface area contributed by atoms with Crippen molar-refractivity contribution in [2.75, 3.05) is 36.8 Å². The number of carbonyl (C=O) groups excluding carboxylic acids is 3. The van der Waals surface area contributed by atoms with Gasteiger partial charge in [-0.15, -0.1) is 0 Å². The van der Waals surface area contributed by atoms with Crippen LogP contribution in [0.1, 0.15) is 155 Å². The Morgan fingerprint density at radius 3 is 1.77 bits per heavy atom. The summed E-state index contributed by atoms with van der Waals surface area (Å²) in [7, 11) is 1.59. The van der Waals surface area contributed by atoms with Crippen LogP contribution in [0.5, 0.6) is 11.5 Å². The number of aromatic amines is 2. The molecule has 0 radical (unpaired) electrons. The van der Waals surface area contributed by atoms with E-state index in [9.17, 15) is 34.2 Å². The molecule has 0 unspecified atom stereocenters. The van der Waals surface area contributed by atoms with Gasteiger partial charge in [-0.1, -0.05) is 48.5 Å². The summed E-state index contributed by atoms with van der Waals surface area (Å²) in [4.78, 5) is 112. The van der Waals surface area contributed by atoms with Gasteiger partial charge in [-0.25, -0.2) is 29.9 Å². The predicted octanol–water partition coefficient (Wildman–Crippen LogP) is 11.1. The predicted molar refractivity (Wildman–Crippen MR) is 413 cm³/mol. The number of aliphatic hydroxyl groups excluding tert-OH is 2. The fraction of sp³-hybridized carbons (Fsp3) is 0.296. The number of primary amides is 1. The number of aliphatic hydroxyl groups is 2. The summed E-state index contributed by atoms with van der Waals surface area (Å²) in [5, 5.41) is 49.7. The van der Waals surface area contributed by atoms with Gasteiger partial charge < -0.3 is 56.6 Å². The van der Waals surface area contributed by atoms with E-state index in [0.29, 0.717) is 85.1 Å². The minimum Gasteiger partial charge on any atom is -0.507 e. The number of H-pyrrole nitrogens is 2. The fourth-order valence-corrected chi connectivity index (χ4v) is 13.7. The number of hydrogen-bond donors (Lipinski definition) is 9. The molecule has 17 rings (SSSR count). The van der Waals surface area contributed by atoms with Crippen molar-refractivity contribution < 1.29 is 34.8 Å². The van der Waals surface area contributed by atoms with Crippen molar-refractivity contribution in [2.45, 2.75) is 115 Å². The lowest BCUT2D eigenvalue weighted by Gasteiger charge is -2.30. The molecule has 5 fully saturated rings. The summed E-state index contributed by atoms with van der Waals surface area (Å²) in [5.74, 6) is 3.32. The number of nitrogens with zero attached hydrogens (tertiary/aromatic N) is 13. The Balaban J connectivity index is 0.000000124. The summed E-state index contributed by atoms with van der Waals surface area (Å²) in [6, 6.07) is 38.7. The summed E-state index contributed by atoms with van der Waals surface area (Å²) in [5.41, 5.74) is 16.5. The van der Waals surface area contributed by atoms with E-state index in [-0.39, 0.29) is 59.4 Å². The number of aromatic nitrogens is 10. The number of phenols is 2. The Hall–Kier alpha value is -12.5. The number of likely N-dealkylation sites (tertiary alicyclic amines) is 2. The second kappa shape index (κ2) is 32.9. The molecule has 0 atom stereocenters. The maximum Gasteiger partial charge on any atom is 0.269 e. The third-order valence-electron chi connectivity index (χ3n) is 20.0. The zero-order chi connectivity index (χ0) is 74.8. The molecular formula is C81H82N18O9. The van der Waals surface area contributed by atoms with Crippen LogP contribution in [0.2, 0.25) is 0 Å². The number of fused-ring (bicyclic) bond motifs is 3. The van der Waals surface area contributed by atoms with Crippen LogP contribution in [-0.4, -0.2) is 148 Å². The summed E-state index contributed by atoms with van der Waals surface area (Å²) in [6.45, 7) is 3.75. The number of benzene rings is 6. The van der Waals surface area contributed by atoms with Crippen LogP contribution in [0.25, 0.3) is 44.3 Å². The first-order valence-corrected chi connectivity index (χ1v) is 36.4. The molecule has 0 bridgehead atoms. The molecule has 108 heavy (non-hydrogen) atoms. The molecule has 2 saturated heterocycles. The topological polar surface area (TPSA) is 387 Å². The quantitative estimate of drug-likeness (QED) is 0.0382.